The zero-order valence-electron chi connectivity index (χ0n) is 20.5. The van der Waals surface area contributed by atoms with Gasteiger partial charge in [-0.15, -0.1) is 0 Å². The molecule has 1 saturated heterocycles. The standard InChI is InChI=1S/C24H28N2O9S/c1-12(27)31-11-19-20(32-13(2)28)21(33-14(3)29)22(34-15(4)30)23(35-19)26-18-8-6-5-7-16(18)9-17(10-25)24(26)36/h9,19-23H,5-8,11H2,1-4H3/t19-,20+,21-,22-,23+/m0/s1. The molecule has 0 radical (unpaired) electrons. The fourth-order valence-corrected chi connectivity index (χ4v) is 4.91. The van der Waals surface area contributed by atoms with Crippen LogP contribution in [0.2, 0.25) is 0 Å². The zero-order chi connectivity index (χ0) is 26.6. The van der Waals surface area contributed by atoms with Crippen LogP contribution >= 0.6 is 12.2 Å². The molecule has 3 rings (SSSR count). The van der Waals surface area contributed by atoms with E-state index in [4.69, 9.17) is 35.9 Å². The summed E-state index contributed by atoms with van der Waals surface area (Å²) in [5.74, 6) is -2.75. The van der Waals surface area contributed by atoms with Crippen molar-refractivity contribution in [1.82, 2.24) is 4.57 Å². The summed E-state index contributed by atoms with van der Waals surface area (Å²) in [7, 11) is 0. The molecule has 1 aromatic rings. The van der Waals surface area contributed by atoms with Gasteiger partial charge in [0.25, 0.3) is 0 Å². The first kappa shape index (κ1) is 27.3. The van der Waals surface area contributed by atoms with Crippen molar-refractivity contribution in [2.45, 2.75) is 84.0 Å². The van der Waals surface area contributed by atoms with Gasteiger partial charge < -0.3 is 28.3 Å². The molecule has 0 bridgehead atoms. The number of ether oxygens (including phenoxy) is 5. The Morgan fingerprint density at radius 3 is 2.14 bits per heavy atom. The van der Waals surface area contributed by atoms with Crippen molar-refractivity contribution in [1.29, 1.82) is 5.26 Å². The number of pyridine rings is 1. The van der Waals surface area contributed by atoms with E-state index in [2.05, 4.69) is 6.07 Å². The number of hydrogen-bond donors (Lipinski definition) is 0. The molecule has 5 atom stereocenters. The molecule has 2 heterocycles. The van der Waals surface area contributed by atoms with Crippen LogP contribution in [0.1, 0.15) is 63.6 Å². The lowest BCUT2D eigenvalue weighted by atomic mass is 9.92. The zero-order valence-corrected chi connectivity index (χ0v) is 21.3. The van der Waals surface area contributed by atoms with E-state index in [-0.39, 0.29) is 16.8 Å². The number of fused-ring (bicyclic) bond motifs is 1. The second kappa shape index (κ2) is 11.6. The van der Waals surface area contributed by atoms with Crippen LogP contribution in [0.3, 0.4) is 0 Å². The molecule has 0 saturated carbocycles. The predicted molar refractivity (Wildman–Crippen MR) is 124 cm³/mol. The number of aromatic nitrogens is 1. The molecule has 1 aliphatic heterocycles. The molecule has 0 unspecified atom stereocenters. The van der Waals surface area contributed by atoms with Crippen molar-refractivity contribution < 1.29 is 42.9 Å². The Hall–Kier alpha value is -3.30. The van der Waals surface area contributed by atoms with Gasteiger partial charge >= 0.3 is 23.9 Å². The molecule has 11 nitrogen and oxygen atoms in total. The van der Waals surface area contributed by atoms with Crippen LogP contribution in [-0.2, 0) is 55.7 Å². The Labute approximate surface area is 213 Å². The summed E-state index contributed by atoms with van der Waals surface area (Å²) in [5.41, 5.74) is 1.93. The molecular weight excluding hydrogens is 492 g/mol. The average Bonchev–Trinajstić information content (AvgIpc) is 2.79. The second-order valence-corrected chi connectivity index (χ2v) is 9.00. The summed E-state index contributed by atoms with van der Waals surface area (Å²) < 4.78 is 29.7. The van der Waals surface area contributed by atoms with Crippen LogP contribution in [0, 0.1) is 16.0 Å². The number of carbonyl (C=O) groups excluding carboxylic acids is 4. The number of nitrogens with zero attached hydrogens (tertiary/aromatic N) is 2. The molecule has 36 heavy (non-hydrogen) atoms. The highest BCUT2D eigenvalue weighted by Crippen LogP contribution is 2.37. The Morgan fingerprint density at radius 1 is 0.972 bits per heavy atom. The minimum absolute atomic E-state index is 0.152. The molecule has 1 aliphatic carbocycles. The third-order valence-electron chi connectivity index (χ3n) is 5.88. The van der Waals surface area contributed by atoms with Crippen molar-refractivity contribution in [3.8, 4) is 6.07 Å². The van der Waals surface area contributed by atoms with Gasteiger partial charge in [0.1, 0.15) is 23.4 Å². The highest BCUT2D eigenvalue weighted by atomic mass is 32.1. The van der Waals surface area contributed by atoms with Gasteiger partial charge in [-0.3, -0.25) is 19.2 Å². The fraction of sp³-hybridized carbons (Fsp3) is 0.583. The van der Waals surface area contributed by atoms with Gasteiger partial charge in [-0.25, -0.2) is 0 Å². The Morgan fingerprint density at radius 2 is 1.56 bits per heavy atom. The highest BCUT2D eigenvalue weighted by Gasteiger charge is 2.53. The second-order valence-electron chi connectivity index (χ2n) is 8.61. The van der Waals surface area contributed by atoms with Crippen LogP contribution in [0.5, 0.6) is 0 Å². The summed E-state index contributed by atoms with van der Waals surface area (Å²) in [5, 5.41) is 9.72. The Bertz CT molecular complexity index is 1160. The third-order valence-corrected chi connectivity index (χ3v) is 6.30. The predicted octanol–water partition coefficient (Wildman–Crippen LogP) is 2.22. The Balaban J connectivity index is 2.23. The van der Waals surface area contributed by atoms with E-state index < -0.39 is 54.5 Å². The third kappa shape index (κ3) is 6.09. The number of hydrogen-bond acceptors (Lipinski definition) is 11. The quantitative estimate of drug-likeness (QED) is 0.309. The van der Waals surface area contributed by atoms with Gasteiger partial charge in [0.2, 0.25) is 0 Å². The smallest absolute Gasteiger partial charge is 0.303 e. The minimum atomic E-state index is -1.32. The molecule has 194 valence electrons. The molecule has 0 spiro atoms. The van der Waals surface area contributed by atoms with E-state index in [1.54, 1.807) is 10.6 Å². The first-order chi connectivity index (χ1) is 17.0. The number of nitriles is 1. The van der Waals surface area contributed by atoms with Crippen LogP contribution in [-0.4, -0.2) is 59.5 Å². The van der Waals surface area contributed by atoms with Crippen LogP contribution in [0.15, 0.2) is 6.07 Å². The summed E-state index contributed by atoms with van der Waals surface area (Å²) >= 11 is 5.64. The first-order valence-corrected chi connectivity index (χ1v) is 11.9. The molecule has 1 aromatic heterocycles. The van der Waals surface area contributed by atoms with E-state index in [0.717, 1.165) is 37.9 Å². The SMILES string of the molecule is CC(=O)OC[C@@H]1O[C@@H](n2c3c(cc(C#N)c2=S)CCCC3)[C@@H](OC(C)=O)[C@@H](OC(C)=O)[C@@H]1OC(C)=O. The van der Waals surface area contributed by atoms with Gasteiger partial charge in [-0.1, -0.05) is 12.2 Å². The van der Waals surface area contributed by atoms with Gasteiger partial charge in [-0.05, 0) is 37.3 Å². The maximum absolute atomic E-state index is 12.2. The molecule has 2 aliphatic rings. The molecule has 0 N–H and O–H groups in total. The van der Waals surface area contributed by atoms with Crippen LogP contribution in [0.4, 0.5) is 0 Å². The molecular formula is C24H28N2O9S. The lowest BCUT2D eigenvalue weighted by molar-refractivity contribution is -0.269. The molecule has 0 aromatic carbocycles. The lowest BCUT2D eigenvalue weighted by Gasteiger charge is -2.45. The van der Waals surface area contributed by atoms with E-state index in [9.17, 15) is 24.4 Å². The summed E-state index contributed by atoms with van der Waals surface area (Å²) in [6.45, 7) is 4.35. The normalized spacial score (nSPS) is 25.0. The summed E-state index contributed by atoms with van der Waals surface area (Å²) in [6.07, 6.45) is -3.04. The highest BCUT2D eigenvalue weighted by molar-refractivity contribution is 7.71. The lowest BCUT2D eigenvalue weighted by Crippen LogP contribution is -2.61. The largest absolute Gasteiger partial charge is 0.463 e. The van der Waals surface area contributed by atoms with Crippen molar-refractivity contribution in [2.75, 3.05) is 6.61 Å². The van der Waals surface area contributed by atoms with E-state index in [0.29, 0.717) is 12.8 Å². The van der Waals surface area contributed by atoms with Gasteiger partial charge in [0.15, 0.2) is 24.5 Å². The van der Waals surface area contributed by atoms with E-state index in [1.165, 1.54) is 13.8 Å². The van der Waals surface area contributed by atoms with Crippen LogP contribution in [0.25, 0.3) is 0 Å². The number of rotatable bonds is 6. The van der Waals surface area contributed by atoms with E-state index in [1.807, 2.05) is 0 Å². The fourth-order valence-electron chi connectivity index (χ4n) is 4.59. The van der Waals surface area contributed by atoms with Crippen molar-refractivity contribution >= 4 is 36.1 Å². The number of carbonyl (C=O) groups is 4. The average molecular weight is 521 g/mol. The van der Waals surface area contributed by atoms with Crippen molar-refractivity contribution in [3.05, 3.63) is 27.5 Å². The number of aryl methyl sites for hydroxylation is 1. The van der Waals surface area contributed by atoms with E-state index >= 15 is 0 Å². The topological polar surface area (TPSA) is 143 Å². The Kier molecular flexibility index (Phi) is 8.81. The van der Waals surface area contributed by atoms with Gasteiger partial charge in [0, 0.05) is 33.4 Å². The first-order valence-electron chi connectivity index (χ1n) is 11.5. The van der Waals surface area contributed by atoms with Crippen LogP contribution < -0.4 is 0 Å². The molecule has 0 amide bonds. The summed E-state index contributed by atoms with van der Waals surface area (Å²) in [6, 6.07) is 3.85. The van der Waals surface area contributed by atoms with Gasteiger partial charge in [-0.2, -0.15) is 5.26 Å². The number of esters is 4. The summed E-state index contributed by atoms with van der Waals surface area (Å²) in [4.78, 5) is 47.8. The van der Waals surface area contributed by atoms with Crippen molar-refractivity contribution in [3.63, 3.8) is 0 Å². The maximum atomic E-state index is 12.2. The molecule has 1 fully saturated rings. The van der Waals surface area contributed by atoms with Gasteiger partial charge in [0.05, 0.1) is 5.56 Å². The van der Waals surface area contributed by atoms with Crippen molar-refractivity contribution in [2.24, 2.45) is 0 Å². The monoisotopic (exact) mass is 520 g/mol. The molecule has 12 heteroatoms. The minimum Gasteiger partial charge on any atom is -0.463 e. The maximum Gasteiger partial charge on any atom is 0.303 e.